The molecule has 1 aromatic rings. The fourth-order valence-electron chi connectivity index (χ4n) is 3.12. The van der Waals surface area contributed by atoms with Crippen molar-refractivity contribution in [2.75, 3.05) is 5.32 Å². The molecule has 0 spiro atoms. The van der Waals surface area contributed by atoms with E-state index in [0.29, 0.717) is 17.5 Å². The maximum Gasteiger partial charge on any atom is 0.407 e. The molecule has 26 heavy (non-hydrogen) atoms. The summed E-state index contributed by atoms with van der Waals surface area (Å²) in [6, 6.07) is -0.0323. The number of alkyl carbamates (subject to hydrolysis) is 1. The smallest absolute Gasteiger partial charge is 0.407 e. The minimum absolute atomic E-state index is 0.0323. The Hall–Kier alpha value is -1.70. The minimum atomic E-state index is -0.524. The van der Waals surface area contributed by atoms with Crippen LogP contribution >= 0.6 is 11.3 Å². The molecule has 0 radical (unpaired) electrons. The van der Waals surface area contributed by atoms with Gasteiger partial charge in [-0.15, -0.1) is 10.2 Å². The topological polar surface area (TPSA) is 93.2 Å². The molecule has 1 saturated carbocycles. The number of nitrogens with zero attached hydrogens (tertiary/aromatic N) is 2. The zero-order valence-corrected chi connectivity index (χ0v) is 17.1. The second-order valence-corrected chi connectivity index (χ2v) is 8.81. The lowest BCUT2D eigenvalue weighted by molar-refractivity contribution is -0.119. The van der Waals surface area contributed by atoms with E-state index in [2.05, 4.69) is 34.7 Å². The second-order valence-electron chi connectivity index (χ2n) is 7.80. The Morgan fingerprint density at radius 1 is 1.23 bits per heavy atom. The molecule has 1 aromatic heterocycles. The molecule has 2 amide bonds. The van der Waals surface area contributed by atoms with E-state index in [-0.39, 0.29) is 17.9 Å². The highest BCUT2D eigenvalue weighted by Gasteiger charge is 2.32. The van der Waals surface area contributed by atoms with Crippen molar-refractivity contribution in [2.24, 2.45) is 5.92 Å². The average Bonchev–Trinajstić information content (AvgIpc) is 3.16. The zero-order valence-electron chi connectivity index (χ0n) is 16.3. The van der Waals surface area contributed by atoms with Crippen molar-refractivity contribution >= 4 is 28.5 Å². The highest BCUT2D eigenvalue weighted by Crippen LogP contribution is 2.30. The number of ether oxygens (including phenoxy) is 1. The van der Waals surface area contributed by atoms with E-state index in [0.717, 1.165) is 30.7 Å². The normalized spacial score (nSPS) is 20.2. The Labute approximate surface area is 159 Å². The third-order valence-electron chi connectivity index (χ3n) is 4.53. The Morgan fingerprint density at radius 3 is 2.54 bits per heavy atom. The van der Waals surface area contributed by atoms with Crippen LogP contribution in [-0.2, 0) is 9.53 Å². The van der Waals surface area contributed by atoms with Crippen LogP contribution in [0.1, 0.15) is 77.6 Å². The first kappa shape index (κ1) is 20.6. The summed E-state index contributed by atoms with van der Waals surface area (Å²) in [5.41, 5.74) is -0.524. The summed E-state index contributed by atoms with van der Waals surface area (Å²) in [6.45, 7) is 9.74. The third kappa shape index (κ3) is 5.93. The third-order valence-corrected chi connectivity index (χ3v) is 5.53. The van der Waals surface area contributed by atoms with Crippen molar-refractivity contribution < 1.29 is 14.3 Å². The fraction of sp³-hybridized carbons (Fsp3) is 0.778. The molecule has 7 nitrogen and oxygen atoms in total. The van der Waals surface area contributed by atoms with Crippen molar-refractivity contribution in [3.63, 3.8) is 0 Å². The minimum Gasteiger partial charge on any atom is -0.444 e. The Morgan fingerprint density at radius 2 is 1.92 bits per heavy atom. The molecule has 0 unspecified atom stereocenters. The van der Waals surface area contributed by atoms with Crippen molar-refractivity contribution in [2.45, 2.75) is 84.3 Å². The van der Waals surface area contributed by atoms with Crippen LogP contribution in [0.2, 0.25) is 0 Å². The lowest BCUT2D eigenvalue weighted by Gasteiger charge is -2.21. The van der Waals surface area contributed by atoms with E-state index in [1.165, 1.54) is 11.3 Å². The second kappa shape index (κ2) is 8.79. The Balaban J connectivity index is 1.83. The summed E-state index contributed by atoms with van der Waals surface area (Å²) < 4.78 is 5.27. The van der Waals surface area contributed by atoms with Gasteiger partial charge in [-0.25, -0.2) is 4.79 Å². The van der Waals surface area contributed by atoms with Crippen molar-refractivity contribution in [1.29, 1.82) is 0 Å². The number of nitrogens with one attached hydrogen (secondary N) is 2. The van der Waals surface area contributed by atoms with Crippen molar-refractivity contribution in [3.05, 3.63) is 5.01 Å². The molecule has 0 saturated heterocycles. The van der Waals surface area contributed by atoms with E-state index in [1.807, 2.05) is 20.8 Å². The van der Waals surface area contributed by atoms with E-state index in [9.17, 15) is 9.59 Å². The summed E-state index contributed by atoms with van der Waals surface area (Å²) in [4.78, 5) is 24.3. The first-order valence-electron chi connectivity index (χ1n) is 9.35. The standard InChI is InChI=1S/C18H30N4O3S/c1-6-11(7-2)15-21-22-16(26-15)20-14(23)12-8-9-13(10-12)19-17(24)25-18(3,4)5/h11-13H,6-10H2,1-5H3,(H,19,24)(H,20,22,23)/t12-,13-/m1/s1. The number of carbonyl (C=O) groups excluding carboxylic acids is 2. The molecule has 146 valence electrons. The number of hydrogen-bond acceptors (Lipinski definition) is 6. The van der Waals surface area contributed by atoms with Gasteiger partial charge >= 0.3 is 6.09 Å². The molecular formula is C18H30N4O3S. The summed E-state index contributed by atoms with van der Waals surface area (Å²) in [5.74, 6) is 0.216. The molecule has 0 aliphatic heterocycles. The summed E-state index contributed by atoms with van der Waals surface area (Å²) in [7, 11) is 0. The van der Waals surface area contributed by atoms with Gasteiger partial charge in [0.25, 0.3) is 0 Å². The number of hydrogen-bond donors (Lipinski definition) is 2. The van der Waals surface area contributed by atoms with Crippen LogP contribution < -0.4 is 10.6 Å². The fourth-order valence-corrected chi connectivity index (χ4v) is 4.13. The van der Waals surface area contributed by atoms with Crippen LogP contribution in [0.5, 0.6) is 0 Å². The average molecular weight is 383 g/mol. The number of anilines is 1. The van der Waals surface area contributed by atoms with Gasteiger partial charge in [0, 0.05) is 17.9 Å². The summed E-state index contributed by atoms with van der Waals surface area (Å²) in [5, 5.41) is 15.6. The highest BCUT2D eigenvalue weighted by atomic mass is 32.1. The molecule has 1 aliphatic rings. The van der Waals surface area contributed by atoms with Crippen LogP contribution in [0, 0.1) is 5.92 Å². The van der Waals surface area contributed by atoms with Crippen molar-refractivity contribution in [1.82, 2.24) is 15.5 Å². The van der Waals surface area contributed by atoms with Gasteiger partial charge in [-0.1, -0.05) is 25.2 Å². The number of carbonyl (C=O) groups is 2. The van der Waals surface area contributed by atoms with E-state index in [1.54, 1.807) is 0 Å². The molecule has 1 heterocycles. The van der Waals surface area contributed by atoms with Crippen LogP contribution in [0.4, 0.5) is 9.93 Å². The van der Waals surface area contributed by atoms with Crippen LogP contribution in [0.25, 0.3) is 0 Å². The number of amides is 2. The van der Waals surface area contributed by atoms with Crippen LogP contribution in [0.15, 0.2) is 0 Å². The molecular weight excluding hydrogens is 352 g/mol. The largest absolute Gasteiger partial charge is 0.444 e. The van der Waals surface area contributed by atoms with Gasteiger partial charge in [0.05, 0.1) is 0 Å². The van der Waals surface area contributed by atoms with Crippen LogP contribution in [-0.4, -0.2) is 33.8 Å². The predicted octanol–water partition coefficient (Wildman–Crippen LogP) is 4.07. The van der Waals surface area contributed by atoms with Crippen LogP contribution in [0.3, 0.4) is 0 Å². The summed E-state index contributed by atoms with van der Waals surface area (Å²) in [6.07, 6.45) is 3.72. The molecule has 0 aromatic carbocycles. The SMILES string of the molecule is CCC(CC)c1nnc(NC(=O)[C@@H]2CC[C@@H](NC(=O)OC(C)(C)C)C2)s1. The van der Waals surface area contributed by atoms with Gasteiger partial charge in [-0.3, -0.25) is 4.79 Å². The molecule has 1 aliphatic carbocycles. The lowest BCUT2D eigenvalue weighted by atomic mass is 10.1. The molecule has 8 heteroatoms. The van der Waals surface area contributed by atoms with Gasteiger partial charge in [0.2, 0.25) is 11.0 Å². The van der Waals surface area contributed by atoms with Gasteiger partial charge in [0.15, 0.2) is 0 Å². The molecule has 2 N–H and O–H groups in total. The van der Waals surface area contributed by atoms with E-state index in [4.69, 9.17) is 4.74 Å². The van der Waals surface area contributed by atoms with Gasteiger partial charge in [-0.05, 0) is 52.9 Å². The first-order chi connectivity index (χ1) is 12.2. The first-order valence-corrected chi connectivity index (χ1v) is 10.2. The Kier molecular flexibility index (Phi) is 6.97. The number of aromatic nitrogens is 2. The van der Waals surface area contributed by atoms with Gasteiger partial charge in [0.1, 0.15) is 10.6 Å². The van der Waals surface area contributed by atoms with Crippen molar-refractivity contribution in [3.8, 4) is 0 Å². The maximum atomic E-state index is 12.5. The molecule has 1 fully saturated rings. The highest BCUT2D eigenvalue weighted by molar-refractivity contribution is 7.15. The zero-order chi connectivity index (χ0) is 19.3. The molecule has 2 atom stereocenters. The Bertz CT molecular complexity index is 622. The van der Waals surface area contributed by atoms with E-state index < -0.39 is 11.7 Å². The monoisotopic (exact) mass is 382 g/mol. The van der Waals surface area contributed by atoms with Gasteiger partial charge < -0.3 is 15.4 Å². The lowest BCUT2D eigenvalue weighted by Crippen LogP contribution is -2.38. The molecule has 0 bridgehead atoms. The molecule has 2 rings (SSSR count). The summed E-state index contributed by atoms with van der Waals surface area (Å²) >= 11 is 1.45. The maximum absolute atomic E-state index is 12.5. The quantitative estimate of drug-likeness (QED) is 0.773. The van der Waals surface area contributed by atoms with Gasteiger partial charge in [-0.2, -0.15) is 0 Å². The predicted molar refractivity (Wildman–Crippen MR) is 102 cm³/mol. The van der Waals surface area contributed by atoms with E-state index >= 15 is 0 Å². The number of rotatable bonds is 6.